The van der Waals surface area contributed by atoms with Crippen LogP contribution in [0.15, 0.2) is 42.5 Å². The summed E-state index contributed by atoms with van der Waals surface area (Å²) in [5.74, 6) is 0.521. The standard InChI is InChI=1S/C24H29ClO7.CH4/c25-19-8-3-15(24-23(29)22(28)21(27)20(13-26)32-24)12-16(19)11-14-1-4-17(5-2-14)30-9-10-31-18-6-7-18;/h1-5,8,12,18,20-24,26-29H,6-7,9-11,13H2;1H4/t20-,21-,22+,23-,24+;/m1./s1/i10D2;. The van der Waals surface area contributed by atoms with E-state index in [-0.39, 0.29) is 20.1 Å². The second kappa shape index (κ2) is 11.6. The number of benzene rings is 2. The first-order valence-corrected chi connectivity index (χ1v) is 11.0. The molecule has 1 heterocycles. The minimum absolute atomic E-state index is 0. The lowest BCUT2D eigenvalue weighted by Gasteiger charge is -2.40. The molecule has 2 fully saturated rings. The number of aliphatic hydroxyl groups excluding tert-OH is 4. The molecule has 0 spiro atoms. The molecule has 0 aromatic heterocycles. The van der Waals surface area contributed by atoms with E-state index in [1.54, 1.807) is 30.3 Å². The molecule has 2 aliphatic rings. The van der Waals surface area contributed by atoms with Gasteiger partial charge in [0.15, 0.2) is 0 Å². The summed E-state index contributed by atoms with van der Waals surface area (Å²) in [5.41, 5.74) is 2.26. The zero-order chi connectivity index (χ0) is 24.5. The molecule has 1 aliphatic heterocycles. The summed E-state index contributed by atoms with van der Waals surface area (Å²) in [6.45, 7) is -2.53. The summed E-state index contributed by atoms with van der Waals surface area (Å²) < 4.78 is 32.2. The Morgan fingerprint density at radius 2 is 1.76 bits per heavy atom. The first kappa shape index (κ1) is 23.1. The monoisotopic (exact) mass is 482 g/mol. The molecular formula is C25H33ClO7. The van der Waals surface area contributed by atoms with Crippen molar-refractivity contribution in [2.45, 2.75) is 63.3 Å². The summed E-state index contributed by atoms with van der Waals surface area (Å²) in [6.07, 6.45) is -3.94. The van der Waals surface area contributed by atoms with Gasteiger partial charge in [-0.05, 0) is 54.2 Å². The second-order valence-corrected chi connectivity index (χ2v) is 8.58. The molecule has 7 nitrogen and oxygen atoms in total. The van der Waals surface area contributed by atoms with Crippen LogP contribution in [0.2, 0.25) is 5.02 Å². The Morgan fingerprint density at radius 3 is 2.42 bits per heavy atom. The van der Waals surface area contributed by atoms with Gasteiger partial charge in [0.25, 0.3) is 0 Å². The first-order chi connectivity index (χ1) is 16.2. The van der Waals surface area contributed by atoms with E-state index >= 15 is 0 Å². The van der Waals surface area contributed by atoms with Crippen LogP contribution in [0.5, 0.6) is 5.75 Å². The fourth-order valence-corrected chi connectivity index (χ4v) is 3.84. The number of rotatable bonds is 9. The van der Waals surface area contributed by atoms with Crippen LogP contribution in [-0.4, -0.2) is 70.7 Å². The van der Waals surface area contributed by atoms with Gasteiger partial charge in [0.05, 0.1) is 22.0 Å². The topological polar surface area (TPSA) is 109 Å². The molecular weight excluding hydrogens is 448 g/mol. The molecule has 4 N–H and O–H groups in total. The smallest absolute Gasteiger partial charge is 0.119 e. The van der Waals surface area contributed by atoms with Crippen LogP contribution in [-0.2, 0) is 15.9 Å². The number of halogens is 1. The van der Waals surface area contributed by atoms with Crippen LogP contribution < -0.4 is 4.74 Å². The molecule has 0 unspecified atom stereocenters. The summed E-state index contributed by atoms with van der Waals surface area (Å²) in [6, 6.07) is 12.3. The van der Waals surface area contributed by atoms with Crippen molar-refractivity contribution in [1.82, 2.24) is 0 Å². The van der Waals surface area contributed by atoms with Crippen LogP contribution in [0.4, 0.5) is 0 Å². The van der Waals surface area contributed by atoms with Gasteiger partial charge in [-0.3, -0.25) is 0 Å². The molecule has 0 radical (unpaired) electrons. The molecule has 2 aromatic carbocycles. The Kier molecular flexibility index (Phi) is 8.12. The van der Waals surface area contributed by atoms with Crippen molar-refractivity contribution >= 4 is 11.6 Å². The van der Waals surface area contributed by atoms with Gasteiger partial charge in [-0.2, -0.15) is 0 Å². The Hall–Kier alpha value is -1.71. The quantitative estimate of drug-likeness (QED) is 0.435. The maximum atomic E-state index is 10.4. The summed E-state index contributed by atoms with van der Waals surface area (Å²) in [7, 11) is 0. The van der Waals surface area contributed by atoms with Gasteiger partial charge in [-0.15, -0.1) is 0 Å². The lowest BCUT2D eigenvalue weighted by Crippen LogP contribution is -2.55. The largest absolute Gasteiger partial charge is 0.491 e. The highest BCUT2D eigenvalue weighted by atomic mass is 35.5. The predicted molar refractivity (Wildman–Crippen MR) is 125 cm³/mol. The molecule has 1 saturated heterocycles. The fraction of sp³-hybridized carbons (Fsp3) is 0.520. The van der Waals surface area contributed by atoms with Crippen molar-refractivity contribution in [3.05, 3.63) is 64.2 Å². The van der Waals surface area contributed by atoms with Crippen molar-refractivity contribution in [3.63, 3.8) is 0 Å². The fourth-order valence-electron chi connectivity index (χ4n) is 3.66. The van der Waals surface area contributed by atoms with Crippen LogP contribution in [0.25, 0.3) is 0 Å². The van der Waals surface area contributed by atoms with Gasteiger partial charge in [0.2, 0.25) is 0 Å². The Bertz CT molecular complexity index is 969. The van der Waals surface area contributed by atoms with Crippen LogP contribution >= 0.6 is 11.6 Å². The third-order valence-electron chi connectivity index (χ3n) is 5.68. The highest BCUT2D eigenvalue weighted by Gasteiger charge is 2.44. The normalized spacial score (nSPS) is 28.5. The van der Waals surface area contributed by atoms with E-state index in [9.17, 15) is 20.4 Å². The molecule has 5 atom stereocenters. The van der Waals surface area contributed by atoms with Crippen molar-refractivity contribution in [2.24, 2.45) is 0 Å². The Morgan fingerprint density at radius 1 is 1.03 bits per heavy atom. The third-order valence-corrected chi connectivity index (χ3v) is 6.05. The maximum absolute atomic E-state index is 10.4. The van der Waals surface area contributed by atoms with Crippen LogP contribution in [0.3, 0.4) is 0 Å². The molecule has 8 heteroatoms. The number of aliphatic hydroxyl groups is 4. The highest BCUT2D eigenvalue weighted by Crippen LogP contribution is 2.34. The zero-order valence-electron chi connectivity index (χ0n) is 19.4. The molecule has 0 amide bonds. The average Bonchev–Trinajstić information content (AvgIpc) is 3.62. The molecule has 182 valence electrons. The van der Waals surface area contributed by atoms with Crippen molar-refractivity contribution < 1.29 is 37.4 Å². The Balaban J connectivity index is 0.00000342. The van der Waals surface area contributed by atoms with Crippen molar-refractivity contribution in [2.75, 3.05) is 19.8 Å². The van der Waals surface area contributed by atoms with Crippen molar-refractivity contribution in [1.29, 1.82) is 0 Å². The van der Waals surface area contributed by atoms with E-state index in [2.05, 4.69) is 0 Å². The molecule has 0 bridgehead atoms. The minimum Gasteiger partial charge on any atom is -0.491 e. The lowest BCUT2D eigenvalue weighted by molar-refractivity contribution is -0.231. The summed E-state index contributed by atoms with van der Waals surface area (Å²) >= 11 is 6.39. The zero-order valence-corrected chi connectivity index (χ0v) is 18.2. The molecule has 1 saturated carbocycles. The molecule has 4 rings (SSSR count). The van der Waals surface area contributed by atoms with E-state index in [0.29, 0.717) is 22.8 Å². The molecule has 2 aromatic rings. The van der Waals surface area contributed by atoms with Gasteiger partial charge >= 0.3 is 0 Å². The van der Waals surface area contributed by atoms with Gasteiger partial charge < -0.3 is 34.6 Å². The lowest BCUT2D eigenvalue weighted by atomic mass is 9.90. The SMILES string of the molecule is C.[2H]C([2H])(COc1ccc(Cc2cc([C@@H]3O[C@H](CO)[C@@H](O)[C@H](O)[C@H]3O)ccc2Cl)cc1)OC1CC1. The van der Waals surface area contributed by atoms with Crippen LogP contribution in [0.1, 0.15) is 45.8 Å². The number of hydrogen-bond acceptors (Lipinski definition) is 7. The van der Waals surface area contributed by atoms with E-state index in [1.165, 1.54) is 0 Å². The molecule has 33 heavy (non-hydrogen) atoms. The maximum Gasteiger partial charge on any atom is 0.119 e. The van der Waals surface area contributed by atoms with Crippen molar-refractivity contribution in [3.8, 4) is 5.75 Å². The van der Waals surface area contributed by atoms with E-state index < -0.39 is 43.7 Å². The number of ether oxygens (including phenoxy) is 3. The van der Waals surface area contributed by atoms with E-state index in [0.717, 1.165) is 24.0 Å². The van der Waals surface area contributed by atoms with Gasteiger partial charge in [0, 0.05) is 5.02 Å². The number of hydrogen-bond donors (Lipinski definition) is 4. The molecule has 1 aliphatic carbocycles. The van der Waals surface area contributed by atoms with Gasteiger partial charge in [-0.1, -0.05) is 43.3 Å². The summed E-state index contributed by atoms with van der Waals surface area (Å²) in [5, 5.41) is 40.5. The minimum atomic E-state index is -1.84. The predicted octanol–water partition coefficient (Wildman–Crippen LogP) is 2.64. The summed E-state index contributed by atoms with van der Waals surface area (Å²) in [4.78, 5) is 0. The van der Waals surface area contributed by atoms with E-state index in [1.807, 2.05) is 12.1 Å². The Labute approximate surface area is 202 Å². The van der Waals surface area contributed by atoms with Gasteiger partial charge in [-0.25, -0.2) is 0 Å². The first-order valence-electron chi connectivity index (χ1n) is 11.7. The highest BCUT2D eigenvalue weighted by molar-refractivity contribution is 6.31. The average molecular weight is 483 g/mol. The second-order valence-electron chi connectivity index (χ2n) is 8.17. The van der Waals surface area contributed by atoms with Crippen LogP contribution in [0, 0.1) is 0 Å². The van der Waals surface area contributed by atoms with E-state index in [4.69, 9.17) is 28.6 Å². The van der Waals surface area contributed by atoms with Gasteiger partial charge in [0.1, 0.15) is 42.9 Å². The third kappa shape index (κ3) is 6.45.